The topological polar surface area (TPSA) is 27.1 Å². The number of benzene rings is 2. The number of hydrogen-bond acceptors (Lipinski definition) is 2. The van der Waals surface area contributed by atoms with E-state index in [1.165, 1.54) is 0 Å². The minimum Gasteiger partial charge on any atom is -0.497 e. The van der Waals surface area contributed by atoms with Gasteiger partial charge in [0, 0.05) is 22.4 Å². The van der Waals surface area contributed by atoms with E-state index in [0.717, 1.165) is 23.3 Å². The summed E-state index contributed by atoms with van der Waals surface area (Å²) >= 11 is 12.4. The van der Waals surface area contributed by atoms with Gasteiger partial charge in [-0.25, -0.2) is 4.98 Å². The Morgan fingerprint density at radius 1 is 1.13 bits per heavy atom. The molecule has 3 nitrogen and oxygen atoms in total. The highest BCUT2D eigenvalue weighted by Crippen LogP contribution is 2.29. The van der Waals surface area contributed by atoms with Crippen molar-refractivity contribution in [1.29, 1.82) is 0 Å². The molecule has 0 bridgehead atoms. The van der Waals surface area contributed by atoms with Gasteiger partial charge in [-0.05, 0) is 47.9 Å². The van der Waals surface area contributed by atoms with Gasteiger partial charge in [-0.15, -0.1) is 0 Å². The Morgan fingerprint density at radius 3 is 2.57 bits per heavy atom. The van der Waals surface area contributed by atoms with Crippen molar-refractivity contribution in [1.82, 2.24) is 9.55 Å². The van der Waals surface area contributed by atoms with Crippen LogP contribution in [0.5, 0.6) is 5.75 Å². The van der Waals surface area contributed by atoms with Gasteiger partial charge in [-0.2, -0.15) is 0 Å². The van der Waals surface area contributed by atoms with E-state index < -0.39 is 0 Å². The molecule has 0 radical (unpaired) electrons. The van der Waals surface area contributed by atoms with Gasteiger partial charge < -0.3 is 9.30 Å². The Bertz CT molecular complexity index is 770. The quantitative estimate of drug-likeness (QED) is 0.647. The molecule has 1 aromatic heterocycles. The summed E-state index contributed by atoms with van der Waals surface area (Å²) in [7, 11) is 1.66. The lowest BCUT2D eigenvalue weighted by Crippen LogP contribution is -2.12. The van der Waals surface area contributed by atoms with Crippen molar-refractivity contribution in [3.63, 3.8) is 0 Å². The normalized spacial score (nSPS) is 12.1. The van der Waals surface area contributed by atoms with Gasteiger partial charge in [-0.1, -0.05) is 35.3 Å². The molecule has 5 heteroatoms. The second-order valence-electron chi connectivity index (χ2n) is 5.24. The van der Waals surface area contributed by atoms with Gasteiger partial charge in [0.2, 0.25) is 0 Å². The van der Waals surface area contributed by atoms with Crippen LogP contribution in [0.4, 0.5) is 0 Å². The second kappa shape index (κ2) is 7.07. The summed E-state index contributed by atoms with van der Waals surface area (Å²) in [6.45, 7) is 0. The largest absolute Gasteiger partial charge is 0.497 e. The zero-order valence-corrected chi connectivity index (χ0v) is 14.1. The Hall–Kier alpha value is -1.97. The molecule has 2 aromatic carbocycles. The second-order valence-corrected chi connectivity index (χ2v) is 6.08. The summed E-state index contributed by atoms with van der Waals surface area (Å²) in [5.41, 5.74) is 2.16. The maximum atomic E-state index is 6.33. The highest BCUT2D eigenvalue weighted by molar-refractivity contribution is 6.33. The lowest BCUT2D eigenvalue weighted by Gasteiger charge is -2.20. The molecule has 0 saturated carbocycles. The molecule has 3 aromatic rings. The zero-order valence-electron chi connectivity index (χ0n) is 12.6. The molecule has 0 saturated heterocycles. The maximum Gasteiger partial charge on any atom is 0.118 e. The Kier molecular flexibility index (Phi) is 4.89. The van der Waals surface area contributed by atoms with E-state index in [0.29, 0.717) is 10.0 Å². The van der Waals surface area contributed by atoms with Crippen LogP contribution in [-0.4, -0.2) is 16.7 Å². The van der Waals surface area contributed by atoms with Crippen LogP contribution in [-0.2, 0) is 6.42 Å². The summed E-state index contributed by atoms with van der Waals surface area (Å²) in [4.78, 5) is 4.16. The van der Waals surface area contributed by atoms with Gasteiger partial charge in [-0.3, -0.25) is 0 Å². The number of aromatic nitrogens is 2. The molecule has 1 heterocycles. The monoisotopic (exact) mass is 346 g/mol. The highest BCUT2D eigenvalue weighted by Gasteiger charge is 2.16. The van der Waals surface area contributed by atoms with E-state index in [4.69, 9.17) is 27.9 Å². The number of ether oxygens (including phenoxy) is 1. The van der Waals surface area contributed by atoms with E-state index in [2.05, 4.69) is 21.7 Å². The van der Waals surface area contributed by atoms with Crippen LogP contribution < -0.4 is 4.74 Å². The van der Waals surface area contributed by atoms with Crippen LogP contribution in [0, 0.1) is 0 Å². The van der Waals surface area contributed by atoms with Crippen molar-refractivity contribution in [2.45, 2.75) is 12.5 Å². The lowest BCUT2D eigenvalue weighted by molar-refractivity contribution is 0.414. The molecule has 0 spiro atoms. The summed E-state index contributed by atoms with van der Waals surface area (Å²) in [6.07, 6.45) is 6.26. The molecule has 23 heavy (non-hydrogen) atoms. The van der Waals surface area contributed by atoms with Gasteiger partial charge in [0.25, 0.3) is 0 Å². The number of nitrogens with zero attached hydrogens (tertiary/aromatic N) is 2. The molecular weight excluding hydrogens is 331 g/mol. The number of hydrogen-bond donors (Lipinski definition) is 0. The van der Waals surface area contributed by atoms with Crippen LogP contribution >= 0.6 is 23.2 Å². The summed E-state index contributed by atoms with van der Waals surface area (Å²) < 4.78 is 7.30. The zero-order chi connectivity index (χ0) is 16.2. The SMILES string of the molecule is COc1ccc(C(Cc2cc(Cl)ccc2Cl)n2ccnc2)cc1. The molecule has 1 atom stereocenters. The van der Waals surface area contributed by atoms with Crippen LogP contribution in [0.15, 0.2) is 61.2 Å². The Morgan fingerprint density at radius 2 is 1.91 bits per heavy atom. The molecule has 0 aliphatic rings. The third-order valence-electron chi connectivity index (χ3n) is 3.81. The number of methoxy groups -OCH3 is 1. The minimum atomic E-state index is 0.0828. The number of halogens is 2. The van der Waals surface area contributed by atoms with Crippen molar-refractivity contribution >= 4 is 23.2 Å². The molecule has 3 rings (SSSR count). The minimum absolute atomic E-state index is 0.0828. The molecule has 0 amide bonds. The molecule has 0 N–H and O–H groups in total. The third-order valence-corrected chi connectivity index (χ3v) is 4.41. The van der Waals surface area contributed by atoms with Crippen molar-refractivity contribution < 1.29 is 4.74 Å². The van der Waals surface area contributed by atoms with Crippen LogP contribution in [0.1, 0.15) is 17.2 Å². The van der Waals surface area contributed by atoms with E-state index >= 15 is 0 Å². The lowest BCUT2D eigenvalue weighted by atomic mass is 9.98. The van der Waals surface area contributed by atoms with Crippen molar-refractivity contribution in [2.24, 2.45) is 0 Å². The average molecular weight is 347 g/mol. The molecule has 0 fully saturated rings. The van der Waals surface area contributed by atoms with E-state index in [1.54, 1.807) is 19.4 Å². The van der Waals surface area contributed by atoms with E-state index in [1.807, 2.05) is 36.8 Å². The van der Waals surface area contributed by atoms with Crippen molar-refractivity contribution in [2.75, 3.05) is 7.11 Å². The van der Waals surface area contributed by atoms with Gasteiger partial charge in [0.1, 0.15) is 5.75 Å². The van der Waals surface area contributed by atoms with Crippen molar-refractivity contribution in [3.05, 3.63) is 82.4 Å². The molecule has 0 aliphatic heterocycles. The number of imidazole rings is 1. The summed E-state index contributed by atoms with van der Waals surface area (Å²) in [5, 5.41) is 1.40. The Labute approximate surface area is 145 Å². The smallest absolute Gasteiger partial charge is 0.118 e. The molecular formula is C18H16Cl2N2O. The first-order valence-corrected chi connectivity index (χ1v) is 7.98. The van der Waals surface area contributed by atoms with Gasteiger partial charge in [0.15, 0.2) is 0 Å². The highest BCUT2D eigenvalue weighted by atomic mass is 35.5. The van der Waals surface area contributed by atoms with Gasteiger partial charge >= 0.3 is 0 Å². The fraction of sp³-hybridized carbons (Fsp3) is 0.167. The average Bonchev–Trinajstić information content (AvgIpc) is 3.10. The molecule has 118 valence electrons. The first-order valence-electron chi connectivity index (χ1n) is 7.22. The van der Waals surface area contributed by atoms with Gasteiger partial charge in [0.05, 0.1) is 19.5 Å². The first-order chi connectivity index (χ1) is 11.2. The molecule has 1 unspecified atom stereocenters. The molecule has 0 aliphatic carbocycles. The fourth-order valence-corrected chi connectivity index (χ4v) is 2.97. The number of rotatable bonds is 5. The Balaban J connectivity index is 1.97. The van der Waals surface area contributed by atoms with E-state index in [-0.39, 0.29) is 6.04 Å². The van der Waals surface area contributed by atoms with Crippen LogP contribution in [0.2, 0.25) is 10.0 Å². The standard InChI is InChI=1S/C18H16Cl2N2O/c1-23-16-5-2-13(3-6-16)18(22-9-8-21-12-22)11-14-10-15(19)4-7-17(14)20/h2-10,12,18H,11H2,1H3. The van der Waals surface area contributed by atoms with Crippen molar-refractivity contribution in [3.8, 4) is 5.75 Å². The van der Waals surface area contributed by atoms with Crippen LogP contribution in [0.25, 0.3) is 0 Å². The van der Waals surface area contributed by atoms with E-state index in [9.17, 15) is 0 Å². The van der Waals surface area contributed by atoms with Crippen LogP contribution in [0.3, 0.4) is 0 Å². The first kappa shape index (κ1) is 15.9. The predicted octanol–water partition coefficient (Wildman–Crippen LogP) is 5.03. The summed E-state index contributed by atoms with van der Waals surface area (Å²) in [5.74, 6) is 0.832. The fourth-order valence-electron chi connectivity index (χ4n) is 2.58. The third kappa shape index (κ3) is 3.69. The predicted molar refractivity (Wildman–Crippen MR) is 93.5 cm³/mol. The summed E-state index contributed by atoms with van der Waals surface area (Å²) in [6, 6.07) is 13.7. The maximum absolute atomic E-state index is 6.33.